The maximum absolute atomic E-state index is 12.1. The zero-order chi connectivity index (χ0) is 23.0. The highest BCUT2D eigenvalue weighted by molar-refractivity contribution is 5.73. The van der Waals surface area contributed by atoms with Gasteiger partial charge in [-0.15, -0.1) is 0 Å². The fourth-order valence-electron chi connectivity index (χ4n) is 5.13. The Morgan fingerprint density at radius 3 is 2.61 bits per heavy atom. The van der Waals surface area contributed by atoms with Crippen LogP contribution in [-0.4, -0.2) is 55.6 Å². The van der Waals surface area contributed by atoms with Crippen LogP contribution in [0.4, 0.5) is 5.82 Å². The molecule has 1 amide bonds. The van der Waals surface area contributed by atoms with E-state index >= 15 is 0 Å². The van der Waals surface area contributed by atoms with Crippen LogP contribution in [0.1, 0.15) is 92.5 Å². The molecular weight excluding hydrogens is 424 g/mol. The number of anilines is 1. The predicted octanol–water partition coefficient (Wildman–Crippen LogP) is 2.75. The van der Waals surface area contributed by atoms with Crippen LogP contribution in [0.15, 0.2) is 4.52 Å². The lowest BCUT2D eigenvalue weighted by Gasteiger charge is -2.40. The number of piperidine rings is 1. The molecule has 176 valence electrons. The summed E-state index contributed by atoms with van der Waals surface area (Å²) in [6, 6.07) is 0. The maximum atomic E-state index is 12.1. The standard InChI is InChI=1S/C22H28N6O2.CH2O2/c1-13(29)28-10-2-8-22(12-28)9-7-16-18(22)25-19(14-3-4-14)26-21(16)23-11-17-24-20(27-30-17)15-5-6-15;2-1-3/h14-15H,2-12H2,1H3,(H,23,25,26);1H,(H,2,3). The molecule has 1 saturated heterocycles. The molecule has 2 aromatic rings. The molecule has 6 rings (SSSR count). The van der Waals surface area contributed by atoms with Crippen molar-refractivity contribution in [1.82, 2.24) is 25.0 Å². The quantitative estimate of drug-likeness (QED) is 0.654. The number of nitrogens with one attached hydrogen (secondary N) is 1. The summed E-state index contributed by atoms with van der Waals surface area (Å²) in [7, 11) is 0. The van der Waals surface area contributed by atoms with E-state index in [2.05, 4.69) is 15.5 Å². The first-order valence-electron chi connectivity index (χ1n) is 11.8. The Hall–Kier alpha value is -3.04. The molecule has 3 heterocycles. The highest BCUT2D eigenvalue weighted by Crippen LogP contribution is 2.48. The van der Waals surface area contributed by atoms with Gasteiger partial charge in [0, 0.05) is 42.8 Å². The molecule has 2 saturated carbocycles. The van der Waals surface area contributed by atoms with Crippen LogP contribution in [0, 0.1) is 0 Å². The van der Waals surface area contributed by atoms with Gasteiger partial charge >= 0.3 is 0 Å². The maximum Gasteiger partial charge on any atom is 0.290 e. The van der Waals surface area contributed by atoms with Gasteiger partial charge < -0.3 is 19.8 Å². The number of likely N-dealkylation sites (tertiary alicyclic amines) is 1. The fraction of sp³-hybridized carbons (Fsp3) is 0.652. The highest BCUT2D eigenvalue weighted by atomic mass is 16.5. The number of hydrogen-bond donors (Lipinski definition) is 2. The predicted molar refractivity (Wildman–Crippen MR) is 118 cm³/mol. The van der Waals surface area contributed by atoms with Crippen molar-refractivity contribution in [1.29, 1.82) is 0 Å². The van der Waals surface area contributed by atoms with Crippen LogP contribution in [0.3, 0.4) is 0 Å². The molecule has 1 atom stereocenters. The first-order valence-corrected chi connectivity index (χ1v) is 11.8. The third kappa shape index (κ3) is 4.43. The molecule has 2 N–H and O–H groups in total. The van der Waals surface area contributed by atoms with Crippen molar-refractivity contribution in [2.45, 2.75) is 82.1 Å². The number of carbonyl (C=O) groups is 2. The van der Waals surface area contributed by atoms with Gasteiger partial charge in [0.1, 0.15) is 11.6 Å². The Kier molecular flexibility index (Phi) is 5.76. The lowest BCUT2D eigenvalue weighted by molar-refractivity contribution is -0.131. The fourth-order valence-corrected chi connectivity index (χ4v) is 5.13. The smallest absolute Gasteiger partial charge is 0.290 e. The number of fused-ring (bicyclic) bond motifs is 2. The van der Waals surface area contributed by atoms with Gasteiger partial charge in [0.15, 0.2) is 5.82 Å². The minimum atomic E-state index is -0.250. The number of amides is 1. The Labute approximate surface area is 192 Å². The summed E-state index contributed by atoms with van der Waals surface area (Å²) in [4.78, 5) is 37.0. The highest BCUT2D eigenvalue weighted by Gasteiger charge is 2.46. The monoisotopic (exact) mass is 454 g/mol. The zero-order valence-electron chi connectivity index (χ0n) is 18.9. The van der Waals surface area contributed by atoms with Crippen LogP contribution < -0.4 is 5.32 Å². The van der Waals surface area contributed by atoms with Crippen molar-refractivity contribution in [2.75, 3.05) is 18.4 Å². The van der Waals surface area contributed by atoms with E-state index in [9.17, 15) is 4.79 Å². The lowest BCUT2D eigenvalue weighted by Crippen LogP contribution is -2.47. The minimum Gasteiger partial charge on any atom is -0.483 e. The number of aromatic nitrogens is 4. The summed E-state index contributed by atoms with van der Waals surface area (Å²) < 4.78 is 5.44. The molecule has 3 fully saturated rings. The number of hydrogen-bond acceptors (Lipinski definition) is 8. The zero-order valence-corrected chi connectivity index (χ0v) is 18.9. The second-order valence-electron chi connectivity index (χ2n) is 9.64. The van der Waals surface area contributed by atoms with Crippen molar-refractivity contribution in [3.05, 3.63) is 28.8 Å². The summed E-state index contributed by atoms with van der Waals surface area (Å²) in [5.74, 6) is 4.47. The lowest BCUT2D eigenvalue weighted by atomic mass is 9.77. The molecule has 0 bridgehead atoms. The molecule has 1 unspecified atom stereocenters. The molecule has 33 heavy (non-hydrogen) atoms. The van der Waals surface area contributed by atoms with E-state index < -0.39 is 0 Å². The van der Waals surface area contributed by atoms with Crippen molar-refractivity contribution < 1.29 is 19.2 Å². The number of carboxylic acid groups (broad SMARTS) is 1. The van der Waals surface area contributed by atoms with Crippen LogP contribution in [0.25, 0.3) is 0 Å². The molecule has 1 spiro atoms. The van der Waals surface area contributed by atoms with Gasteiger partial charge in [0.25, 0.3) is 6.47 Å². The van der Waals surface area contributed by atoms with Crippen molar-refractivity contribution in [3.8, 4) is 0 Å². The first kappa shape index (κ1) is 21.8. The first-order chi connectivity index (χ1) is 16.0. The molecule has 1 aliphatic heterocycles. The van der Waals surface area contributed by atoms with E-state index in [0.717, 1.165) is 69.1 Å². The largest absolute Gasteiger partial charge is 0.483 e. The molecule has 4 aliphatic rings. The summed E-state index contributed by atoms with van der Waals surface area (Å²) in [5.41, 5.74) is 2.37. The van der Waals surface area contributed by atoms with Crippen molar-refractivity contribution >= 4 is 18.2 Å². The SMILES string of the molecule is CC(=O)N1CCCC2(CCc3c(NCc4nc(C5CC5)no4)nc(C4CC4)nc32)C1.O=CO. The molecular formula is C23H30N6O4. The third-order valence-electron chi connectivity index (χ3n) is 7.18. The van der Waals surface area contributed by atoms with E-state index in [0.29, 0.717) is 24.3 Å². The minimum absolute atomic E-state index is 0.0219. The van der Waals surface area contributed by atoms with Gasteiger partial charge in [-0.3, -0.25) is 9.59 Å². The molecule has 3 aliphatic carbocycles. The molecule has 10 heteroatoms. The van der Waals surface area contributed by atoms with Gasteiger partial charge in [0.05, 0.1) is 12.2 Å². The van der Waals surface area contributed by atoms with Crippen LogP contribution in [0.2, 0.25) is 0 Å². The molecule has 0 radical (unpaired) electrons. The average Bonchev–Trinajstić information content (AvgIpc) is 3.75. The number of rotatable bonds is 5. The van der Waals surface area contributed by atoms with E-state index in [1.807, 2.05) is 4.90 Å². The van der Waals surface area contributed by atoms with Crippen LogP contribution >= 0.6 is 0 Å². The van der Waals surface area contributed by atoms with E-state index in [-0.39, 0.29) is 17.8 Å². The van der Waals surface area contributed by atoms with E-state index in [4.69, 9.17) is 24.4 Å². The van der Waals surface area contributed by atoms with Gasteiger partial charge in [-0.2, -0.15) is 4.98 Å². The second kappa shape index (κ2) is 8.72. The molecule has 0 aromatic carbocycles. The van der Waals surface area contributed by atoms with Crippen molar-refractivity contribution in [3.63, 3.8) is 0 Å². The Balaban J connectivity index is 0.000000724. The van der Waals surface area contributed by atoms with E-state index in [1.165, 1.54) is 24.1 Å². The molecule has 10 nitrogen and oxygen atoms in total. The summed E-state index contributed by atoms with van der Waals surface area (Å²) in [5, 5.41) is 14.5. The summed E-state index contributed by atoms with van der Waals surface area (Å²) >= 11 is 0. The van der Waals surface area contributed by atoms with Crippen LogP contribution in [0.5, 0.6) is 0 Å². The summed E-state index contributed by atoms with van der Waals surface area (Å²) in [6.45, 7) is 3.56. The topological polar surface area (TPSA) is 134 Å². The molecule has 2 aromatic heterocycles. The summed E-state index contributed by atoms with van der Waals surface area (Å²) in [6.07, 6.45) is 8.78. The van der Waals surface area contributed by atoms with Crippen molar-refractivity contribution in [2.24, 2.45) is 0 Å². The average molecular weight is 455 g/mol. The normalized spacial score (nSPS) is 23.6. The van der Waals surface area contributed by atoms with Gasteiger partial charge in [-0.25, -0.2) is 9.97 Å². The van der Waals surface area contributed by atoms with Gasteiger partial charge in [0.2, 0.25) is 11.8 Å². The van der Waals surface area contributed by atoms with Crippen LogP contribution in [-0.2, 0) is 28.0 Å². The van der Waals surface area contributed by atoms with Gasteiger partial charge in [-0.05, 0) is 51.4 Å². The van der Waals surface area contributed by atoms with E-state index in [1.54, 1.807) is 6.92 Å². The second-order valence-corrected chi connectivity index (χ2v) is 9.64. The number of carbonyl (C=O) groups excluding carboxylic acids is 1. The Morgan fingerprint density at radius 2 is 1.91 bits per heavy atom. The number of nitrogens with zero attached hydrogens (tertiary/aromatic N) is 5. The van der Waals surface area contributed by atoms with Gasteiger partial charge in [-0.1, -0.05) is 5.16 Å². The Bertz CT molecular complexity index is 1050. The Morgan fingerprint density at radius 1 is 1.18 bits per heavy atom. The third-order valence-corrected chi connectivity index (χ3v) is 7.18.